The fourth-order valence-electron chi connectivity index (χ4n) is 13.9. The number of likely N-dealkylation sites (N-methyl/N-ethyl adjacent to an activating group) is 2. The first-order chi connectivity index (χ1) is 58.1. The van der Waals surface area contributed by atoms with E-state index < -0.39 is 40.5 Å². The van der Waals surface area contributed by atoms with Crippen molar-refractivity contribution in [3.05, 3.63) is 164 Å². The number of nitrogens with zero attached hydrogens (tertiary/aromatic N) is 14. The van der Waals surface area contributed by atoms with Crippen LogP contribution in [-0.2, 0) is 19.2 Å². The summed E-state index contributed by atoms with van der Waals surface area (Å²) in [5.74, 6) is 9.42. The number of aromatic nitrogens is 8. The molecular formula is C89H121Br2ClN18O8P2SSi2. The van der Waals surface area contributed by atoms with Crippen LogP contribution >= 0.6 is 57.7 Å². The monoisotopic (exact) mass is 1910 g/mol. The summed E-state index contributed by atoms with van der Waals surface area (Å²) in [5.41, 5.74) is 25.4. The number of aliphatic hydroxyl groups excluding tert-OH is 1. The van der Waals surface area contributed by atoms with Crippen LogP contribution < -0.4 is 51.6 Å². The van der Waals surface area contributed by atoms with Crippen molar-refractivity contribution in [2.75, 3.05) is 172 Å². The molecule has 4 saturated heterocycles. The molecule has 8 heterocycles. The topological polar surface area (TPSA) is 312 Å². The molecule has 26 nitrogen and oxygen atoms in total. The maximum atomic E-state index is 13.6. The average Bonchev–Trinajstić information content (AvgIpc) is 0.800. The van der Waals surface area contributed by atoms with Crippen LogP contribution in [0.4, 0.5) is 51.7 Å². The molecule has 34 heteroatoms. The third-order valence-electron chi connectivity index (χ3n) is 21.0. The van der Waals surface area contributed by atoms with Crippen LogP contribution in [-0.4, -0.2) is 246 Å². The summed E-state index contributed by atoms with van der Waals surface area (Å²) >= 11 is 12.9. The van der Waals surface area contributed by atoms with Crippen molar-refractivity contribution < 1.29 is 36.7 Å². The number of unbranched alkanes of at least 4 members (excludes halogenated alkanes) is 1. The van der Waals surface area contributed by atoms with Crippen LogP contribution in [0.25, 0.3) is 22.5 Å². The largest absolute Gasteiger partial charge is 0.495 e. The number of ether oxygens (including phenoxy) is 2. The summed E-state index contributed by atoms with van der Waals surface area (Å²) in [6, 6.07) is 27.1. The Hall–Kier alpha value is -8.21. The summed E-state index contributed by atoms with van der Waals surface area (Å²) in [6.45, 7) is 42.1. The van der Waals surface area contributed by atoms with Gasteiger partial charge in [0.05, 0.1) is 87.0 Å². The molecule has 123 heavy (non-hydrogen) atoms. The maximum absolute atomic E-state index is 13.6. The molecule has 0 atom stereocenters. The average molecular weight is 1920 g/mol. The fraction of sp³-hybridized carbons (Fsp3) is 0.438. The Kier molecular flexibility index (Phi) is 35.9. The number of aryl methyl sites for hydroxylation is 3. The number of methoxy groups -OCH3 is 2. The first-order valence-corrected chi connectivity index (χ1v) is 56.9. The molecule has 0 spiro atoms. The van der Waals surface area contributed by atoms with E-state index in [1.807, 2.05) is 55.5 Å². The van der Waals surface area contributed by atoms with Crippen molar-refractivity contribution in [1.82, 2.24) is 59.5 Å². The number of aliphatic hydroxyl groups is 1. The summed E-state index contributed by atoms with van der Waals surface area (Å²) in [4.78, 5) is 50.6. The molecular weight excluding hydrogens is 1790 g/mol. The number of hydrogen-bond acceptors (Lipinski definition) is 25. The Morgan fingerprint density at radius 1 is 0.553 bits per heavy atom. The number of benzene rings is 5. The van der Waals surface area contributed by atoms with Gasteiger partial charge in [0.15, 0.2) is 0 Å². The number of nitrogen functional groups attached to an aromatic ring is 1. The van der Waals surface area contributed by atoms with E-state index in [0.29, 0.717) is 83.9 Å². The third-order valence-corrected chi connectivity index (χ3v) is 28.1. The van der Waals surface area contributed by atoms with E-state index in [1.54, 1.807) is 90.2 Å². The van der Waals surface area contributed by atoms with E-state index in [9.17, 15) is 17.5 Å². The van der Waals surface area contributed by atoms with Gasteiger partial charge in [-0.15, -0.1) is 11.1 Å². The molecule has 5 aromatic carbocycles. The molecule has 7 N–H and O–H groups in total. The van der Waals surface area contributed by atoms with E-state index in [0.717, 1.165) is 140 Å². The molecule has 9 aromatic rings. The van der Waals surface area contributed by atoms with Crippen molar-refractivity contribution in [1.29, 1.82) is 0 Å². The van der Waals surface area contributed by atoms with Crippen molar-refractivity contribution in [3.63, 3.8) is 0 Å². The minimum absolute atomic E-state index is 0.0666. The number of halogens is 3. The number of nitrogens with one attached hydrogen (secondary N) is 3. The second kappa shape index (κ2) is 44.8. The number of rotatable bonds is 19. The van der Waals surface area contributed by atoms with E-state index in [2.05, 4.69) is 221 Å². The number of hydrogen-bond donors (Lipinski definition) is 6. The van der Waals surface area contributed by atoms with Crippen LogP contribution in [0.2, 0.25) is 44.6 Å². The van der Waals surface area contributed by atoms with Crippen molar-refractivity contribution >= 4 is 146 Å². The van der Waals surface area contributed by atoms with E-state index in [1.165, 1.54) is 56.8 Å². The number of anilines is 9. The van der Waals surface area contributed by atoms with Gasteiger partial charge in [-0.3, -0.25) is 24.3 Å². The number of piperidine rings is 2. The van der Waals surface area contributed by atoms with Crippen LogP contribution in [0.3, 0.4) is 0 Å². The van der Waals surface area contributed by atoms with Crippen molar-refractivity contribution in [2.45, 2.75) is 122 Å². The number of nitrogens with two attached hydrogens (primary N) is 1. The number of piperazine rings is 2. The molecule has 660 valence electrons. The lowest BCUT2D eigenvalue weighted by atomic mass is 10.0. The lowest BCUT2D eigenvalue weighted by molar-refractivity contribution is 0.0981. The lowest BCUT2D eigenvalue weighted by Crippen LogP contribution is -2.52. The fourth-order valence-corrected chi connectivity index (χ4v) is 18.4. The van der Waals surface area contributed by atoms with E-state index in [4.69, 9.17) is 41.5 Å². The molecule has 4 aromatic heterocycles. The van der Waals surface area contributed by atoms with Gasteiger partial charge in [0.1, 0.15) is 65.0 Å². The van der Waals surface area contributed by atoms with Crippen LogP contribution in [0.5, 0.6) is 11.5 Å². The summed E-state index contributed by atoms with van der Waals surface area (Å²) in [7, 11) is -4.50. The molecule has 0 aliphatic carbocycles. The van der Waals surface area contributed by atoms with Gasteiger partial charge in [0.25, 0.3) is 10.1 Å². The van der Waals surface area contributed by atoms with Gasteiger partial charge in [0.2, 0.25) is 11.2 Å². The van der Waals surface area contributed by atoms with Crippen molar-refractivity contribution in [2.24, 2.45) is 0 Å². The molecule has 4 fully saturated rings. The van der Waals surface area contributed by atoms with Gasteiger partial charge in [-0.25, -0.2) is 19.9 Å². The minimum atomic E-state index is -4.02. The molecule has 13 rings (SSSR count). The van der Waals surface area contributed by atoms with Crippen LogP contribution in [0.15, 0.2) is 136 Å². The molecule has 0 saturated carbocycles. The van der Waals surface area contributed by atoms with Gasteiger partial charge >= 0.3 is 0 Å². The van der Waals surface area contributed by atoms with E-state index >= 15 is 0 Å². The van der Waals surface area contributed by atoms with Gasteiger partial charge in [-0.05, 0) is 197 Å². The first-order valence-electron chi connectivity index (χ1n) is 41.3. The van der Waals surface area contributed by atoms with Gasteiger partial charge in [-0.1, -0.05) is 94.3 Å². The highest BCUT2D eigenvalue weighted by Gasteiger charge is 2.31. The summed E-state index contributed by atoms with van der Waals surface area (Å²) in [6.07, 6.45) is 16.9. The lowest BCUT2D eigenvalue weighted by Gasteiger charge is -2.42. The Balaban J connectivity index is 0.000000206. The molecule has 4 aliphatic rings. The predicted molar refractivity (Wildman–Crippen MR) is 519 cm³/mol. The third kappa shape index (κ3) is 30.0. The quantitative estimate of drug-likeness (QED) is 0.0109. The van der Waals surface area contributed by atoms with Gasteiger partial charge < -0.3 is 65.0 Å². The summed E-state index contributed by atoms with van der Waals surface area (Å²) in [5, 5.41) is 19.6. The molecule has 4 aliphatic heterocycles. The Labute approximate surface area is 752 Å². The molecule has 0 unspecified atom stereocenters. The second-order valence-electron chi connectivity index (χ2n) is 34.0. The SMILES string of the molecule is CCCCO.COc1cc(N)c(C)cc1N1CCC(N2CCN(C)CC2)CC1.COc1cc(Nc2ncc(Br)c(Nc3ccc(-c4cnc(C#C[Si](C)(C)C)cn4)cc3P(C)(C)=O)n2)c(C)cc1N1CCC(N2CCN(C)CC2)CC1.C[Si](C)(C)C#Cc1cnc(-c2ccc(Nc3nc(Cl)ncc3Br)c(P(C)(C)=O)c2)cn1.Cc1ccc(S(=O)(=O)O)cc1. The maximum Gasteiger partial charge on any atom is 0.294 e. The van der Waals surface area contributed by atoms with Gasteiger partial charge in [0, 0.05) is 155 Å². The standard InChI is InChI=1S/C39H51BrN9O2PSi.C21H22BrClN5OPSi.C18H30N4O.C7H8O3S.C4H10O/c1-27-21-35(49-14-11-30(12-15-49)48-18-16-47(2)17-19-48)36(51-3)23-33(27)45-39-43-25-31(40)38(46-39)44-32-10-9-28(22-37(32)52(4,5)50)34-26-41-29(24-42-34)13-20-53(6,7)8;1-30(2,29)19-10-14(18-13-24-15(11-25-18)8-9-31(3,4)5)6-7-17(19)27-20-16(22)12-26-21(23)28-20;1-14-12-17(18(23-3)13-16(14)19)22-6-4-15(5-7-22)21-10-8-20(2)9-11-21;1-6-2-4-7(5-3-6)11(8,9)10;1-2-3-4-5/h9-10,21-26,30H,11-12,14-19H2,1-8H3,(H2,43,44,45,46);6-7,10-13H,1-5H3,(H,26,27,28);12-13,15H,4-11,19H2,1-3H3;2-5H,1H3,(H,8,9,10);5H,2-4H2,1H3. The Bertz CT molecular complexity index is 5410. The Morgan fingerprint density at radius 3 is 1.37 bits per heavy atom. The molecule has 0 radical (unpaired) electrons. The highest BCUT2D eigenvalue weighted by atomic mass is 79.9. The smallest absolute Gasteiger partial charge is 0.294 e. The van der Waals surface area contributed by atoms with Gasteiger partial charge in [-0.2, -0.15) is 18.4 Å². The van der Waals surface area contributed by atoms with Crippen LogP contribution in [0.1, 0.15) is 73.5 Å². The van der Waals surface area contributed by atoms with Crippen molar-refractivity contribution in [3.8, 4) is 56.9 Å². The Morgan fingerprint density at radius 2 is 0.984 bits per heavy atom. The zero-order valence-corrected chi connectivity index (χ0v) is 82.8. The summed E-state index contributed by atoms with van der Waals surface area (Å²) < 4.78 is 69.0. The zero-order valence-electron chi connectivity index (χ0n) is 74.3. The molecule has 0 amide bonds. The normalized spacial score (nSPS) is 15.3. The second-order valence-corrected chi connectivity index (χ2v) is 53.4. The first kappa shape index (κ1) is 98.6. The predicted octanol–water partition coefficient (Wildman–Crippen LogP) is 16.6. The molecule has 0 bridgehead atoms. The minimum Gasteiger partial charge on any atom is -0.495 e. The zero-order chi connectivity index (χ0) is 89.7. The highest BCUT2D eigenvalue weighted by molar-refractivity contribution is 9.11. The van der Waals surface area contributed by atoms with Crippen LogP contribution in [0, 0.1) is 43.7 Å². The van der Waals surface area contributed by atoms with E-state index in [-0.39, 0.29) is 10.2 Å². The highest BCUT2D eigenvalue weighted by Crippen LogP contribution is 2.44.